The Bertz CT molecular complexity index is 1340. The predicted octanol–water partition coefficient (Wildman–Crippen LogP) is 3.45. The second-order valence-electron chi connectivity index (χ2n) is 10.1. The summed E-state index contributed by atoms with van der Waals surface area (Å²) in [6.07, 6.45) is 3.14. The number of amides is 3. The maximum absolute atomic E-state index is 13.8. The van der Waals surface area contributed by atoms with Gasteiger partial charge in [0.15, 0.2) is 0 Å². The molecule has 1 aromatic heterocycles. The van der Waals surface area contributed by atoms with Crippen molar-refractivity contribution < 1.29 is 14.4 Å². The van der Waals surface area contributed by atoms with E-state index in [1.807, 2.05) is 56.3 Å². The maximum Gasteiger partial charge on any atom is 0.255 e. The number of benzene rings is 2. The molecule has 0 unspecified atom stereocenters. The first-order valence-electron chi connectivity index (χ1n) is 12.6. The van der Waals surface area contributed by atoms with Gasteiger partial charge < -0.3 is 20.5 Å². The van der Waals surface area contributed by atoms with Gasteiger partial charge in [-0.3, -0.25) is 14.4 Å². The van der Waals surface area contributed by atoms with E-state index < -0.39 is 12.1 Å². The Morgan fingerprint density at radius 2 is 1.86 bits per heavy atom. The van der Waals surface area contributed by atoms with Crippen molar-refractivity contribution in [1.29, 1.82) is 0 Å². The lowest BCUT2D eigenvalue weighted by Gasteiger charge is -2.38. The van der Waals surface area contributed by atoms with Crippen LogP contribution in [0.15, 0.2) is 48.5 Å². The Kier molecular flexibility index (Phi) is 5.16. The summed E-state index contributed by atoms with van der Waals surface area (Å²) in [6, 6.07) is 14.2. The van der Waals surface area contributed by atoms with Gasteiger partial charge in [0, 0.05) is 34.6 Å². The van der Waals surface area contributed by atoms with Crippen molar-refractivity contribution in [3.8, 4) is 0 Å². The first-order valence-corrected chi connectivity index (χ1v) is 12.6. The Morgan fingerprint density at radius 1 is 1.11 bits per heavy atom. The molecule has 0 saturated heterocycles. The van der Waals surface area contributed by atoms with E-state index in [9.17, 15) is 14.4 Å². The standard InChI is InChI=1S/C28H30N4O3/c1-3-15(2)23(27(34)29-16-12-13-16)31-26(33)22-14-20-17-8-6-7-11-21(17)30-24(20)25-18-9-4-5-10-19(18)28(35)32(22)25/h4-11,15-16,22-23,25,30H,3,12-14H2,1-2H3,(H,29,34)(H,31,33)/t15-,22+,23+,25+/m1/s1. The molecular weight excluding hydrogens is 440 g/mol. The van der Waals surface area contributed by atoms with Crippen molar-refractivity contribution >= 4 is 28.6 Å². The molecular formula is C28H30N4O3. The fraction of sp³-hybridized carbons (Fsp3) is 0.393. The summed E-state index contributed by atoms with van der Waals surface area (Å²) in [6.45, 7) is 4.00. The molecule has 0 bridgehead atoms. The second kappa shape index (κ2) is 8.26. The van der Waals surface area contributed by atoms with Gasteiger partial charge in [0.1, 0.15) is 12.1 Å². The molecule has 3 N–H and O–H groups in total. The molecule has 2 aromatic carbocycles. The van der Waals surface area contributed by atoms with Crippen LogP contribution in [0, 0.1) is 5.92 Å². The minimum Gasteiger partial charge on any atom is -0.356 e. The van der Waals surface area contributed by atoms with Crippen molar-refractivity contribution in [2.24, 2.45) is 5.92 Å². The van der Waals surface area contributed by atoms with Gasteiger partial charge in [-0.2, -0.15) is 0 Å². The normalized spacial score (nSPS) is 22.2. The van der Waals surface area contributed by atoms with E-state index in [4.69, 9.17) is 0 Å². The number of hydrogen-bond donors (Lipinski definition) is 3. The molecule has 1 saturated carbocycles. The predicted molar refractivity (Wildman–Crippen MR) is 133 cm³/mol. The summed E-state index contributed by atoms with van der Waals surface area (Å²) in [7, 11) is 0. The molecule has 3 aromatic rings. The highest BCUT2D eigenvalue weighted by molar-refractivity contribution is 6.04. The Balaban J connectivity index is 1.39. The van der Waals surface area contributed by atoms with E-state index >= 15 is 0 Å². The molecule has 4 atom stereocenters. The number of para-hydroxylation sites is 1. The number of aromatic nitrogens is 1. The van der Waals surface area contributed by atoms with Gasteiger partial charge >= 0.3 is 0 Å². The zero-order valence-electron chi connectivity index (χ0n) is 20.0. The van der Waals surface area contributed by atoms with Crippen molar-refractivity contribution in [2.45, 2.75) is 63.7 Å². The highest BCUT2D eigenvalue weighted by Gasteiger charge is 2.49. The summed E-state index contributed by atoms with van der Waals surface area (Å²) < 4.78 is 0. The minimum atomic E-state index is -0.702. The van der Waals surface area contributed by atoms with Crippen molar-refractivity contribution in [1.82, 2.24) is 20.5 Å². The average molecular weight is 471 g/mol. The molecule has 0 radical (unpaired) electrons. The van der Waals surface area contributed by atoms with Crippen LogP contribution in [-0.2, 0) is 16.0 Å². The maximum atomic E-state index is 13.8. The summed E-state index contributed by atoms with van der Waals surface area (Å²) in [5.41, 5.74) is 4.57. The van der Waals surface area contributed by atoms with E-state index in [-0.39, 0.29) is 35.7 Å². The number of nitrogens with one attached hydrogen (secondary N) is 3. The molecule has 7 nitrogen and oxygen atoms in total. The topological polar surface area (TPSA) is 94.3 Å². The van der Waals surface area contributed by atoms with E-state index in [2.05, 4.69) is 21.7 Å². The van der Waals surface area contributed by atoms with Crippen molar-refractivity contribution in [3.05, 3.63) is 70.9 Å². The third kappa shape index (κ3) is 3.52. The smallest absolute Gasteiger partial charge is 0.255 e. The number of rotatable bonds is 6. The number of carbonyl (C=O) groups excluding carboxylic acids is 3. The lowest BCUT2D eigenvalue weighted by molar-refractivity contribution is -0.133. The Morgan fingerprint density at radius 3 is 2.63 bits per heavy atom. The van der Waals surface area contributed by atoms with E-state index in [1.165, 1.54) is 0 Å². The van der Waals surface area contributed by atoms with Gasteiger partial charge in [-0.1, -0.05) is 56.7 Å². The van der Waals surface area contributed by atoms with Gasteiger partial charge in [-0.25, -0.2) is 0 Å². The lowest BCUT2D eigenvalue weighted by Crippen LogP contribution is -2.58. The summed E-state index contributed by atoms with van der Waals surface area (Å²) in [5, 5.41) is 7.16. The van der Waals surface area contributed by atoms with E-state index in [1.54, 1.807) is 4.90 Å². The number of hydrogen-bond acceptors (Lipinski definition) is 3. The second-order valence-corrected chi connectivity index (χ2v) is 10.1. The monoisotopic (exact) mass is 470 g/mol. The zero-order valence-corrected chi connectivity index (χ0v) is 20.0. The molecule has 1 aliphatic carbocycles. The van der Waals surface area contributed by atoms with Gasteiger partial charge in [-0.15, -0.1) is 0 Å². The summed E-state index contributed by atoms with van der Waals surface area (Å²) >= 11 is 0. The van der Waals surface area contributed by atoms with Crippen molar-refractivity contribution in [2.75, 3.05) is 0 Å². The molecule has 3 heterocycles. The largest absolute Gasteiger partial charge is 0.356 e. The number of nitrogens with zero attached hydrogens (tertiary/aromatic N) is 1. The molecule has 1 fully saturated rings. The van der Waals surface area contributed by atoms with Crippen LogP contribution in [0.3, 0.4) is 0 Å². The zero-order chi connectivity index (χ0) is 24.3. The molecule has 2 aliphatic heterocycles. The highest BCUT2D eigenvalue weighted by atomic mass is 16.2. The number of aromatic amines is 1. The fourth-order valence-corrected chi connectivity index (χ4v) is 5.61. The quantitative estimate of drug-likeness (QED) is 0.515. The van der Waals surface area contributed by atoms with Crippen LogP contribution in [0.1, 0.15) is 66.3 Å². The number of carbonyl (C=O) groups is 3. The Hall–Kier alpha value is -3.61. The molecule has 6 rings (SSSR count). The fourth-order valence-electron chi connectivity index (χ4n) is 5.61. The van der Waals surface area contributed by atoms with Crippen LogP contribution in [0.4, 0.5) is 0 Å². The number of fused-ring (bicyclic) bond motifs is 7. The summed E-state index contributed by atoms with van der Waals surface area (Å²) in [4.78, 5) is 45.7. The van der Waals surface area contributed by atoms with Crippen LogP contribution in [-0.4, -0.2) is 45.7 Å². The molecule has 3 aliphatic rings. The average Bonchev–Trinajstić information content (AvgIpc) is 3.54. The molecule has 7 heteroatoms. The van der Waals surface area contributed by atoms with E-state index in [0.29, 0.717) is 12.0 Å². The van der Waals surface area contributed by atoms with Gasteiger partial charge in [0.2, 0.25) is 11.8 Å². The minimum absolute atomic E-state index is 0.0211. The van der Waals surface area contributed by atoms with Crippen LogP contribution >= 0.6 is 0 Å². The molecule has 3 amide bonds. The van der Waals surface area contributed by atoms with Crippen LogP contribution in [0.25, 0.3) is 10.9 Å². The third-order valence-corrected chi connectivity index (χ3v) is 7.87. The lowest BCUT2D eigenvalue weighted by atomic mass is 9.89. The SMILES string of the molecule is CC[C@@H](C)[C@H](NC(=O)[C@@H]1Cc2c([nH]c3ccccc23)[C@@H]2c3ccccc3C(=O)N21)C(=O)NC1CC1. The van der Waals surface area contributed by atoms with Gasteiger partial charge in [0.05, 0.1) is 6.04 Å². The van der Waals surface area contributed by atoms with Crippen LogP contribution < -0.4 is 10.6 Å². The van der Waals surface area contributed by atoms with E-state index in [0.717, 1.165) is 47.0 Å². The highest BCUT2D eigenvalue weighted by Crippen LogP contribution is 2.46. The molecule has 180 valence electrons. The first kappa shape index (κ1) is 21.9. The third-order valence-electron chi connectivity index (χ3n) is 7.87. The van der Waals surface area contributed by atoms with Gasteiger partial charge in [-0.05, 0) is 42.0 Å². The van der Waals surface area contributed by atoms with Gasteiger partial charge in [0.25, 0.3) is 5.91 Å². The first-order chi connectivity index (χ1) is 17.0. The summed E-state index contributed by atoms with van der Waals surface area (Å²) in [5.74, 6) is -0.570. The van der Waals surface area contributed by atoms with Crippen LogP contribution in [0.2, 0.25) is 0 Å². The molecule has 0 spiro atoms. The molecule has 35 heavy (non-hydrogen) atoms. The van der Waals surface area contributed by atoms with Crippen LogP contribution in [0.5, 0.6) is 0 Å². The number of H-pyrrole nitrogens is 1. The van der Waals surface area contributed by atoms with Crippen molar-refractivity contribution in [3.63, 3.8) is 0 Å². The Labute approximate surface area is 204 Å².